The van der Waals surface area contributed by atoms with Crippen LogP contribution in [-0.2, 0) is 4.74 Å². The van der Waals surface area contributed by atoms with Gasteiger partial charge < -0.3 is 14.8 Å². The minimum atomic E-state index is -0.267. The van der Waals surface area contributed by atoms with Crippen LogP contribution in [0.15, 0.2) is 18.2 Å². The highest BCUT2D eigenvalue weighted by Crippen LogP contribution is 2.31. The van der Waals surface area contributed by atoms with Gasteiger partial charge in [-0.25, -0.2) is 4.39 Å². The predicted molar refractivity (Wildman–Crippen MR) is 59.1 cm³/mol. The van der Waals surface area contributed by atoms with E-state index in [1.54, 1.807) is 13.2 Å². The van der Waals surface area contributed by atoms with Crippen LogP contribution in [0.4, 0.5) is 4.39 Å². The van der Waals surface area contributed by atoms with Crippen molar-refractivity contribution in [2.45, 2.75) is 19.1 Å². The van der Waals surface area contributed by atoms with Crippen molar-refractivity contribution in [3.05, 3.63) is 29.6 Å². The summed E-state index contributed by atoms with van der Waals surface area (Å²) in [4.78, 5) is 0. The fraction of sp³-hybridized carbons (Fsp3) is 0.500. The molecule has 1 heterocycles. The molecule has 0 aliphatic carbocycles. The Bertz CT molecular complexity index is 370. The van der Waals surface area contributed by atoms with E-state index in [1.807, 2.05) is 6.92 Å². The molecule has 1 aromatic rings. The molecule has 1 fully saturated rings. The van der Waals surface area contributed by atoms with E-state index in [9.17, 15) is 4.39 Å². The molecule has 0 spiro atoms. The van der Waals surface area contributed by atoms with Crippen molar-refractivity contribution in [3.63, 3.8) is 0 Å². The van der Waals surface area contributed by atoms with Crippen molar-refractivity contribution in [2.75, 3.05) is 20.3 Å². The van der Waals surface area contributed by atoms with Gasteiger partial charge in [-0.3, -0.25) is 0 Å². The molecule has 0 saturated carbocycles. The van der Waals surface area contributed by atoms with E-state index in [2.05, 4.69) is 5.32 Å². The molecule has 0 radical (unpaired) electrons. The average molecular weight is 225 g/mol. The van der Waals surface area contributed by atoms with Gasteiger partial charge in [0.15, 0.2) is 0 Å². The lowest BCUT2D eigenvalue weighted by Crippen LogP contribution is -2.41. The molecular weight excluding hydrogens is 209 g/mol. The molecule has 4 heteroatoms. The molecular formula is C12H16FNO2. The maximum absolute atomic E-state index is 13.2. The van der Waals surface area contributed by atoms with Crippen LogP contribution in [0.2, 0.25) is 0 Å². The third-order valence-corrected chi connectivity index (χ3v) is 2.82. The minimum Gasteiger partial charge on any atom is -0.496 e. The largest absolute Gasteiger partial charge is 0.496 e. The fourth-order valence-electron chi connectivity index (χ4n) is 2.01. The number of benzene rings is 1. The summed E-state index contributed by atoms with van der Waals surface area (Å²) < 4.78 is 24.1. The minimum absolute atomic E-state index is 0.153. The van der Waals surface area contributed by atoms with Gasteiger partial charge >= 0.3 is 0 Å². The first-order chi connectivity index (χ1) is 7.72. The molecule has 0 amide bonds. The highest BCUT2D eigenvalue weighted by Gasteiger charge is 2.26. The van der Waals surface area contributed by atoms with Gasteiger partial charge in [0, 0.05) is 18.2 Å². The number of rotatable bonds is 2. The van der Waals surface area contributed by atoms with Crippen LogP contribution in [-0.4, -0.2) is 26.3 Å². The number of halogens is 1. The summed E-state index contributed by atoms with van der Waals surface area (Å²) in [6.45, 7) is 3.48. The summed E-state index contributed by atoms with van der Waals surface area (Å²) in [5.74, 6) is 0.402. The molecule has 0 bridgehead atoms. The fourth-order valence-corrected chi connectivity index (χ4v) is 2.01. The van der Waals surface area contributed by atoms with Crippen LogP contribution in [0, 0.1) is 5.82 Å². The molecule has 3 nitrogen and oxygen atoms in total. The molecule has 1 saturated heterocycles. The normalized spacial score (nSPS) is 25.4. The highest BCUT2D eigenvalue weighted by atomic mass is 19.1. The van der Waals surface area contributed by atoms with Crippen LogP contribution < -0.4 is 10.1 Å². The Balaban J connectivity index is 2.33. The van der Waals surface area contributed by atoms with E-state index >= 15 is 0 Å². The smallest absolute Gasteiger partial charge is 0.124 e. The van der Waals surface area contributed by atoms with E-state index in [1.165, 1.54) is 12.1 Å². The van der Waals surface area contributed by atoms with Crippen LogP contribution >= 0.6 is 0 Å². The number of nitrogens with one attached hydrogen (secondary N) is 1. The summed E-state index contributed by atoms with van der Waals surface area (Å²) in [6, 6.07) is 4.66. The predicted octanol–water partition coefficient (Wildman–Crippen LogP) is 1.88. The summed E-state index contributed by atoms with van der Waals surface area (Å²) in [7, 11) is 1.58. The Labute approximate surface area is 94.6 Å². The first-order valence-corrected chi connectivity index (χ1v) is 5.41. The Kier molecular flexibility index (Phi) is 3.41. The highest BCUT2D eigenvalue weighted by molar-refractivity contribution is 5.36. The first-order valence-electron chi connectivity index (χ1n) is 5.41. The molecule has 2 unspecified atom stereocenters. The van der Waals surface area contributed by atoms with Crippen LogP contribution in [0.3, 0.4) is 0 Å². The lowest BCUT2D eigenvalue weighted by Gasteiger charge is -2.31. The first kappa shape index (κ1) is 11.4. The van der Waals surface area contributed by atoms with Crippen LogP contribution in [0.25, 0.3) is 0 Å². The number of hydrogen-bond donors (Lipinski definition) is 1. The summed E-state index contributed by atoms with van der Waals surface area (Å²) in [5.41, 5.74) is 0.766. The van der Waals surface area contributed by atoms with E-state index in [0.29, 0.717) is 12.4 Å². The van der Waals surface area contributed by atoms with Gasteiger partial charge in [0.2, 0.25) is 0 Å². The number of ether oxygens (including phenoxy) is 2. The Morgan fingerprint density at radius 2 is 2.31 bits per heavy atom. The quantitative estimate of drug-likeness (QED) is 0.833. The van der Waals surface area contributed by atoms with Gasteiger partial charge in [-0.1, -0.05) is 0 Å². The molecule has 1 aliphatic heterocycles. The second-order valence-electron chi connectivity index (χ2n) is 3.92. The summed E-state index contributed by atoms with van der Waals surface area (Å²) >= 11 is 0. The molecule has 88 valence electrons. The molecule has 1 N–H and O–H groups in total. The second-order valence-corrected chi connectivity index (χ2v) is 3.92. The van der Waals surface area contributed by atoms with Gasteiger partial charge in [0.05, 0.1) is 13.7 Å². The molecule has 2 atom stereocenters. The third-order valence-electron chi connectivity index (χ3n) is 2.82. The zero-order chi connectivity index (χ0) is 11.5. The van der Waals surface area contributed by atoms with Gasteiger partial charge in [-0.15, -0.1) is 0 Å². The van der Waals surface area contributed by atoms with Crippen molar-refractivity contribution in [1.82, 2.24) is 5.32 Å². The van der Waals surface area contributed by atoms with E-state index in [4.69, 9.17) is 9.47 Å². The van der Waals surface area contributed by atoms with Crippen molar-refractivity contribution in [2.24, 2.45) is 0 Å². The van der Waals surface area contributed by atoms with Crippen molar-refractivity contribution in [3.8, 4) is 5.75 Å². The average Bonchev–Trinajstić information content (AvgIpc) is 2.29. The Morgan fingerprint density at radius 3 is 3.00 bits per heavy atom. The van der Waals surface area contributed by atoms with Gasteiger partial charge in [0.25, 0.3) is 0 Å². The third kappa shape index (κ3) is 2.18. The molecule has 0 aromatic heterocycles. The lowest BCUT2D eigenvalue weighted by atomic mass is 10.0. The van der Waals surface area contributed by atoms with Gasteiger partial charge in [0.1, 0.15) is 17.7 Å². The van der Waals surface area contributed by atoms with E-state index < -0.39 is 0 Å². The van der Waals surface area contributed by atoms with E-state index in [-0.39, 0.29) is 18.0 Å². The van der Waals surface area contributed by atoms with Crippen LogP contribution in [0.1, 0.15) is 18.6 Å². The van der Waals surface area contributed by atoms with Crippen molar-refractivity contribution >= 4 is 0 Å². The lowest BCUT2D eigenvalue weighted by molar-refractivity contribution is -0.00167. The standard InChI is InChI=1S/C12H16FNO2/c1-8-12(16-6-5-14-8)10-7-9(13)3-4-11(10)15-2/h3-4,7-8,12,14H,5-6H2,1-2H3. The van der Waals surface area contributed by atoms with E-state index in [0.717, 1.165) is 12.1 Å². The maximum atomic E-state index is 13.2. The zero-order valence-electron chi connectivity index (χ0n) is 9.50. The van der Waals surface area contributed by atoms with Crippen molar-refractivity contribution < 1.29 is 13.9 Å². The second kappa shape index (κ2) is 4.80. The number of morpholine rings is 1. The SMILES string of the molecule is COc1ccc(F)cc1C1OCCNC1C. The van der Waals surface area contributed by atoms with Crippen molar-refractivity contribution in [1.29, 1.82) is 0 Å². The number of hydrogen-bond acceptors (Lipinski definition) is 3. The monoisotopic (exact) mass is 225 g/mol. The summed E-state index contributed by atoms with van der Waals surface area (Å²) in [5, 5.41) is 3.30. The molecule has 1 aliphatic rings. The maximum Gasteiger partial charge on any atom is 0.124 e. The Morgan fingerprint density at radius 1 is 1.50 bits per heavy atom. The topological polar surface area (TPSA) is 30.5 Å². The molecule has 16 heavy (non-hydrogen) atoms. The molecule has 2 rings (SSSR count). The van der Waals surface area contributed by atoms with Gasteiger partial charge in [-0.05, 0) is 25.1 Å². The van der Waals surface area contributed by atoms with Crippen LogP contribution in [0.5, 0.6) is 5.75 Å². The molecule has 1 aromatic carbocycles. The van der Waals surface area contributed by atoms with Gasteiger partial charge in [-0.2, -0.15) is 0 Å². The number of methoxy groups -OCH3 is 1. The zero-order valence-corrected chi connectivity index (χ0v) is 9.50. The summed E-state index contributed by atoms with van der Waals surface area (Å²) in [6.07, 6.45) is -0.153. The Hall–Kier alpha value is -1.13.